The van der Waals surface area contributed by atoms with Gasteiger partial charge in [-0.1, -0.05) is 12.1 Å². The first kappa shape index (κ1) is 29.2. The normalized spacial score (nSPS) is 13.5. The lowest BCUT2D eigenvalue weighted by Crippen LogP contribution is -2.30. The predicted octanol–water partition coefficient (Wildman–Crippen LogP) is 4.46. The highest BCUT2D eigenvalue weighted by atomic mass is 32.2. The monoisotopic (exact) mass is 577 g/mol. The SMILES string of the molecule is COc1cc2c(c(OC)c1OC)-c1ccc(SC)c(=O)cc1[C@@H](NC(=O)c1cc(CO[N+](=O)[O-])ccc1C#N)CC2. The third-order valence-electron chi connectivity index (χ3n) is 6.81. The van der Waals surface area contributed by atoms with E-state index in [1.807, 2.05) is 24.5 Å². The van der Waals surface area contributed by atoms with Crippen LogP contribution in [0.2, 0.25) is 0 Å². The molecule has 0 aliphatic heterocycles. The van der Waals surface area contributed by atoms with Gasteiger partial charge in [0.05, 0.1) is 49.5 Å². The summed E-state index contributed by atoms with van der Waals surface area (Å²) in [5.74, 6) is 0.741. The number of carbonyl (C=O) groups is 1. The number of thioether (sulfide) groups is 1. The molecular formula is C29H27N3O8S. The molecule has 1 atom stereocenters. The summed E-state index contributed by atoms with van der Waals surface area (Å²) in [5, 5.41) is 22.3. The molecule has 12 heteroatoms. The summed E-state index contributed by atoms with van der Waals surface area (Å²) in [7, 11) is 4.57. The van der Waals surface area contributed by atoms with Crippen LogP contribution in [0.5, 0.6) is 17.2 Å². The van der Waals surface area contributed by atoms with Gasteiger partial charge in [-0.25, -0.2) is 0 Å². The summed E-state index contributed by atoms with van der Waals surface area (Å²) < 4.78 is 17.0. The zero-order valence-electron chi connectivity index (χ0n) is 22.8. The van der Waals surface area contributed by atoms with Gasteiger partial charge in [-0.05, 0) is 71.7 Å². The van der Waals surface area contributed by atoms with Gasteiger partial charge in [-0.2, -0.15) is 5.26 Å². The second kappa shape index (κ2) is 12.6. The first-order chi connectivity index (χ1) is 19.8. The molecule has 0 radical (unpaired) electrons. The largest absolute Gasteiger partial charge is 0.493 e. The summed E-state index contributed by atoms with van der Waals surface area (Å²) in [6, 6.07) is 12.6. The van der Waals surface area contributed by atoms with E-state index in [-0.39, 0.29) is 23.2 Å². The van der Waals surface area contributed by atoms with Crippen LogP contribution in [0, 0.1) is 21.4 Å². The number of methoxy groups -OCH3 is 3. The molecule has 11 nitrogen and oxygen atoms in total. The summed E-state index contributed by atoms with van der Waals surface area (Å²) >= 11 is 1.31. The van der Waals surface area contributed by atoms with E-state index in [0.29, 0.717) is 51.7 Å². The lowest BCUT2D eigenvalue weighted by atomic mass is 9.95. The average molecular weight is 578 g/mol. The first-order valence-corrected chi connectivity index (χ1v) is 13.6. The molecule has 1 aliphatic rings. The zero-order valence-corrected chi connectivity index (χ0v) is 23.6. The summed E-state index contributed by atoms with van der Waals surface area (Å²) in [5.41, 5.74) is 3.10. The minimum absolute atomic E-state index is 0.0358. The van der Waals surface area contributed by atoms with Crippen LogP contribution in [0.3, 0.4) is 0 Å². The van der Waals surface area contributed by atoms with E-state index in [0.717, 1.165) is 11.1 Å². The van der Waals surface area contributed by atoms with Crippen molar-refractivity contribution in [3.05, 3.63) is 90.6 Å². The number of hydrogen-bond donors (Lipinski definition) is 1. The van der Waals surface area contributed by atoms with Crippen LogP contribution in [-0.2, 0) is 17.9 Å². The summed E-state index contributed by atoms with van der Waals surface area (Å²) in [4.78, 5) is 42.4. The van der Waals surface area contributed by atoms with E-state index in [1.54, 1.807) is 6.07 Å². The molecule has 0 saturated carbocycles. The third kappa shape index (κ3) is 5.90. The standard InChI is InChI=1S/C29H27N3O8S/c1-37-24-12-17-7-9-22(31-29(34)20-11-16(15-40-32(35)36)5-6-18(20)14-30)21-13-23(33)25(41-4)10-8-19(21)26(17)28(39-3)27(24)38-2/h5-6,8,10-13,22H,7,9,15H2,1-4H3,(H,31,34)/t22-/m0/s1. The van der Waals surface area contributed by atoms with Gasteiger partial charge in [0.25, 0.3) is 11.0 Å². The lowest BCUT2D eigenvalue weighted by molar-refractivity contribution is -0.763. The van der Waals surface area contributed by atoms with Gasteiger partial charge in [0.2, 0.25) is 5.75 Å². The summed E-state index contributed by atoms with van der Waals surface area (Å²) in [6.45, 7) is -0.378. The molecule has 41 heavy (non-hydrogen) atoms. The maximum absolute atomic E-state index is 13.6. The van der Waals surface area contributed by atoms with Crippen molar-refractivity contribution in [1.29, 1.82) is 5.26 Å². The van der Waals surface area contributed by atoms with Gasteiger partial charge in [-0.15, -0.1) is 21.9 Å². The van der Waals surface area contributed by atoms with Crippen LogP contribution in [0.25, 0.3) is 11.1 Å². The van der Waals surface area contributed by atoms with Crippen molar-refractivity contribution < 1.29 is 28.9 Å². The van der Waals surface area contributed by atoms with Crippen LogP contribution in [0.1, 0.15) is 45.1 Å². The Morgan fingerprint density at radius 1 is 1.12 bits per heavy atom. The van der Waals surface area contributed by atoms with Gasteiger partial charge in [0.15, 0.2) is 16.9 Å². The number of nitrogens with zero attached hydrogens (tertiary/aromatic N) is 2. The van der Waals surface area contributed by atoms with E-state index < -0.39 is 17.0 Å². The number of aryl methyl sites for hydroxylation is 1. The Hall–Kier alpha value is -4.76. The minimum Gasteiger partial charge on any atom is -0.493 e. The Labute approximate surface area is 240 Å². The molecule has 0 unspecified atom stereocenters. The second-order valence-electron chi connectivity index (χ2n) is 9.01. The Balaban J connectivity index is 1.87. The van der Waals surface area contributed by atoms with Gasteiger partial charge < -0.3 is 24.4 Å². The highest BCUT2D eigenvalue weighted by Gasteiger charge is 2.30. The van der Waals surface area contributed by atoms with Crippen LogP contribution in [0.15, 0.2) is 52.2 Å². The highest BCUT2D eigenvalue weighted by Crippen LogP contribution is 2.50. The minimum atomic E-state index is -0.931. The number of ether oxygens (including phenoxy) is 3. The molecule has 0 bridgehead atoms. The van der Waals surface area contributed by atoms with Gasteiger partial charge in [0, 0.05) is 5.56 Å². The van der Waals surface area contributed by atoms with Gasteiger partial charge >= 0.3 is 0 Å². The van der Waals surface area contributed by atoms with Gasteiger partial charge in [-0.3, -0.25) is 9.59 Å². The maximum atomic E-state index is 13.6. The topological polar surface area (TPSA) is 150 Å². The second-order valence-corrected chi connectivity index (χ2v) is 9.86. The smallest absolute Gasteiger partial charge is 0.294 e. The molecule has 0 aromatic heterocycles. The molecule has 3 aromatic rings. The fraction of sp³-hybridized carbons (Fsp3) is 0.276. The number of benzene rings is 2. The average Bonchev–Trinajstić information content (AvgIpc) is 3.22. The Kier molecular flexibility index (Phi) is 8.99. The molecule has 212 valence electrons. The molecule has 0 heterocycles. The molecular weight excluding hydrogens is 550 g/mol. The van der Waals surface area contributed by atoms with Gasteiger partial charge in [0.1, 0.15) is 6.61 Å². The lowest BCUT2D eigenvalue weighted by Gasteiger charge is -2.20. The Morgan fingerprint density at radius 3 is 2.51 bits per heavy atom. The van der Waals surface area contributed by atoms with Crippen molar-refractivity contribution in [2.24, 2.45) is 0 Å². The van der Waals surface area contributed by atoms with Crippen LogP contribution in [-0.4, -0.2) is 38.6 Å². The molecule has 1 N–H and O–H groups in total. The Bertz CT molecular complexity index is 1620. The third-order valence-corrected chi connectivity index (χ3v) is 7.59. The molecule has 1 amide bonds. The highest BCUT2D eigenvalue weighted by molar-refractivity contribution is 7.98. The van der Waals surface area contributed by atoms with E-state index in [1.165, 1.54) is 57.4 Å². The van der Waals surface area contributed by atoms with E-state index >= 15 is 0 Å². The molecule has 0 saturated heterocycles. The molecule has 1 aliphatic carbocycles. The van der Waals surface area contributed by atoms with Crippen molar-refractivity contribution in [3.8, 4) is 34.4 Å². The first-order valence-electron chi connectivity index (χ1n) is 12.4. The summed E-state index contributed by atoms with van der Waals surface area (Å²) in [6.07, 6.45) is 2.71. The van der Waals surface area contributed by atoms with Crippen molar-refractivity contribution in [3.63, 3.8) is 0 Å². The van der Waals surface area contributed by atoms with Crippen molar-refractivity contribution in [1.82, 2.24) is 5.32 Å². The molecule has 4 rings (SSSR count). The van der Waals surface area contributed by atoms with Crippen LogP contribution >= 0.6 is 11.8 Å². The fourth-order valence-corrected chi connectivity index (χ4v) is 5.41. The maximum Gasteiger partial charge on any atom is 0.294 e. The number of amides is 1. The molecule has 3 aromatic carbocycles. The Morgan fingerprint density at radius 2 is 1.88 bits per heavy atom. The number of carbonyl (C=O) groups excluding carboxylic acids is 1. The van der Waals surface area contributed by atoms with E-state index in [2.05, 4.69) is 10.2 Å². The van der Waals surface area contributed by atoms with Crippen molar-refractivity contribution in [2.75, 3.05) is 27.6 Å². The molecule has 0 spiro atoms. The number of rotatable bonds is 9. The molecule has 0 fully saturated rings. The zero-order chi connectivity index (χ0) is 29.7. The fourth-order valence-electron chi connectivity index (χ4n) is 4.95. The van der Waals surface area contributed by atoms with E-state index in [9.17, 15) is 25.0 Å². The van der Waals surface area contributed by atoms with E-state index in [4.69, 9.17) is 14.2 Å². The number of fused-ring (bicyclic) bond motifs is 3. The van der Waals surface area contributed by atoms with Crippen molar-refractivity contribution >= 4 is 17.7 Å². The quantitative estimate of drug-likeness (QED) is 0.219. The van der Waals surface area contributed by atoms with Crippen molar-refractivity contribution in [2.45, 2.75) is 30.4 Å². The number of nitrogens with one attached hydrogen (secondary N) is 1. The number of hydrogen-bond acceptors (Lipinski definition) is 10. The number of nitriles is 1. The van der Waals surface area contributed by atoms with Crippen LogP contribution in [0.4, 0.5) is 0 Å². The van der Waals surface area contributed by atoms with Crippen LogP contribution < -0.4 is 25.0 Å². The predicted molar refractivity (Wildman–Crippen MR) is 151 cm³/mol.